The number of pyridine rings is 2. The van der Waals surface area contributed by atoms with Gasteiger partial charge in [-0.2, -0.15) is 0 Å². The molecule has 2 heterocycles. The third-order valence-electron chi connectivity index (χ3n) is 3.30. The zero-order valence-corrected chi connectivity index (χ0v) is 13.1. The van der Waals surface area contributed by atoms with Gasteiger partial charge in [-0.3, -0.25) is 9.97 Å². The Morgan fingerprint density at radius 1 is 0.957 bits per heavy atom. The number of sulfonamides is 1. The first-order valence-electron chi connectivity index (χ1n) is 7.05. The Hall–Kier alpha value is -2.57. The van der Waals surface area contributed by atoms with Crippen LogP contribution in [0.1, 0.15) is 5.56 Å². The number of aromatic nitrogens is 2. The highest BCUT2D eigenvalue weighted by Crippen LogP contribution is 2.16. The summed E-state index contributed by atoms with van der Waals surface area (Å²) in [5.41, 5.74) is 2.48. The van der Waals surface area contributed by atoms with Crippen molar-refractivity contribution in [2.45, 2.75) is 11.4 Å². The van der Waals surface area contributed by atoms with Crippen molar-refractivity contribution in [2.24, 2.45) is 0 Å². The maximum atomic E-state index is 12.2. The van der Waals surface area contributed by atoms with Gasteiger partial charge in [0.2, 0.25) is 10.0 Å². The first-order valence-corrected chi connectivity index (χ1v) is 8.53. The predicted molar refractivity (Wildman–Crippen MR) is 87.9 cm³/mol. The van der Waals surface area contributed by atoms with E-state index < -0.39 is 10.0 Å². The average Bonchev–Trinajstić information content (AvgIpc) is 2.62. The van der Waals surface area contributed by atoms with E-state index in [1.807, 2.05) is 18.2 Å². The molecule has 0 saturated heterocycles. The van der Waals surface area contributed by atoms with Crippen molar-refractivity contribution in [3.63, 3.8) is 0 Å². The van der Waals surface area contributed by atoms with Gasteiger partial charge in [0.05, 0.1) is 10.6 Å². The fourth-order valence-corrected chi connectivity index (χ4v) is 3.16. The Labute approximate surface area is 135 Å². The first kappa shape index (κ1) is 15.3. The topological polar surface area (TPSA) is 72.0 Å². The molecule has 0 aliphatic heterocycles. The normalized spacial score (nSPS) is 11.3. The van der Waals surface area contributed by atoms with E-state index in [4.69, 9.17) is 0 Å². The monoisotopic (exact) mass is 325 g/mol. The number of rotatable bonds is 5. The van der Waals surface area contributed by atoms with Gasteiger partial charge in [0.15, 0.2) is 0 Å². The van der Waals surface area contributed by atoms with Crippen LogP contribution in [0.4, 0.5) is 0 Å². The van der Waals surface area contributed by atoms with Crippen LogP contribution in [0.15, 0.2) is 78.1 Å². The molecule has 0 fully saturated rings. The molecule has 0 bridgehead atoms. The fraction of sp³-hybridized carbons (Fsp3) is 0.0588. The lowest BCUT2D eigenvalue weighted by Crippen LogP contribution is -2.23. The summed E-state index contributed by atoms with van der Waals surface area (Å²) in [7, 11) is -3.52. The molecule has 0 atom stereocenters. The quantitative estimate of drug-likeness (QED) is 0.783. The zero-order chi connectivity index (χ0) is 16.1. The third kappa shape index (κ3) is 3.80. The Morgan fingerprint density at radius 2 is 1.78 bits per heavy atom. The Kier molecular flexibility index (Phi) is 4.45. The minimum absolute atomic E-state index is 0.201. The largest absolute Gasteiger partial charge is 0.264 e. The summed E-state index contributed by atoms with van der Waals surface area (Å²) >= 11 is 0. The number of hydrogen-bond acceptors (Lipinski definition) is 4. The van der Waals surface area contributed by atoms with Crippen LogP contribution in [0, 0.1) is 0 Å². The fourth-order valence-electron chi connectivity index (χ4n) is 2.12. The molecule has 0 spiro atoms. The van der Waals surface area contributed by atoms with Gasteiger partial charge < -0.3 is 0 Å². The van der Waals surface area contributed by atoms with E-state index in [0.29, 0.717) is 0 Å². The molecule has 0 aliphatic carbocycles. The number of hydrogen-bond donors (Lipinski definition) is 1. The Morgan fingerprint density at radius 3 is 2.52 bits per heavy atom. The van der Waals surface area contributed by atoms with Gasteiger partial charge in [-0.1, -0.05) is 18.2 Å². The van der Waals surface area contributed by atoms with E-state index in [1.165, 1.54) is 0 Å². The first-order chi connectivity index (χ1) is 11.1. The molecule has 116 valence electrons. The van der Waals surface area contributed by atoms with Crippen molar-refractivity contribution < 1.29 is 8.42 Å². The molecular formula is C17H15N3O2S. The second-order valence-corrected chi connectivity index (χ2v) is 6.70. The molecule has 3 aromatic rings. The van der Waals surface area contributed by atoms with Crippen LogP contribution < -0.4 is 4.72 Å². The molecule has 3 rings (SSSR count). The minimum atomic E-state index is -3.52. The lowest BCUT2D eigenvalue weighted by molar-refractivity contribution is 0.581. The predicted octanol–water partition coefficient (Wildman–Crippen LogP) is 2.62. The van der Waals surface area contributed by atoms with E-state index in [0.717, 1.165) is 16.8 Å². The molecule has 0 aliphatic rings. The summed E-state index contributed by atoms with van der Waals surface area (Å²) in [6.45, 7) is 0.201. The second-order valence-electron chi connectivity index (χ2n) is 4.93. The molecule has 5 nitrogen and oxygen atoms in total. The summed E-state index contributed by atoms with van der Waals surface area (Å²) in [6, 6.07) is 15.7. The number of nitrogens with one attached hydrogen (secondary N) is 1. The van der Waals surface area contributed by atoms with Gasteiger partial charge in [-0.05, 0) is 42.0 Å². The maximum Gasteiger partial charge on any atom is 0.240 e. The molecule has 0 radical (unpaired) electrons. The standard InChI is InChI=1S/C17H15N3O2S/c21-23(22,16-6-2-1-3-7-16)20-12-14-8-10-19-17(11-14)15-5-4-9-18-13-15/h1-11,13,20H,12H2. The van der Waals surface area contributed by atoms with Crippen LogP contribution in [-0.4, -0.2) is 18.4 Å². The van der Waals surface area contributed by atoms with Gasteiger partial charge in [-0.15, -0.1) is 0 Å². The molecule has 1 aromatic carbocycles. The summed E-state index contributed by atoms with van der Waals surface area (Å²) in [6.07, 6.45) is 5.08. The van der Waals surface area contributed by atoms with Crippen molar-refractivity contribution in [1.82, 2.24) is 14.7 Å². The van der Waals surface area contributed by atoms with Crippen molar-refractivity contribution in [1.29, 1.82) is 0 Å². The van der Waals surface area contributed by atoms with Gasteiger partial charge in [0, 0.05) is 30.7 Å². The summed E-state index contributed by atoms with van der Waals surface area (Å²) in [5.74, 6) is 0. The highest BCUT2D eigenvalue weighted by molar-refractivity contribution is 7.89. The van der Waals surface area contributed by atoms with Crippen molar-refractivity contribution >= 4 is 10.0 Å². The average molecular weight is 325 g/mol. The molecule has 0 saturated carbocycles. The summed E-state index contributed by atoms with van der Waals surface area (Å²) in [5, 5.41) is 0. The SMILES string of the molecule is O=S(=O)(NCc1ccnc(-c2cccnc2)c1)c1ccccc1. The molecule has 6 heteroatoms. The van der Waals surface area contributed by atoms with Crippen molar-refractivity contribution in [3.05, 3.63) is 78.8 Å². The van der Waals surface area contributed by atoms with Crippen LogP contribution in [0.2, 0.25) is 0 Å². The van der Waals surface area contributed by atoms with Crippen LogP contribution >= 0.6 is 0 Å². The minimum Gasteiger partial charge on any atom is -0.264 e. The lowest BCUT2D eigenvalue weighted by Gasteiger charge is -2.08. The van der Waals surface area contributed by atoms with E-state index in [9.17, 15) is 8.42 Å². The summed E-state index contributed by atoms with van der Waals surface area (Å²) < 4.78 is 27.0. The summed E-state index contributed by atoms with van der Waals surface area (Å²) in [4.78, 5) is 8.61. The van der Waals surface area contributed by atoms with Crippen LogP contribution in [-0.2, 0) is 16.6 Å². The second kappa shape index (κ2) is 6.68. The van der Waals surface area contributed by atoms with E-state index in [-0.39, 0.29) is 11.4 Å². The van der Waals surface area contributed by atoms with Gasteiger partial charge >= 0.3 is 0 Å². The molecule has 23 heavy (non-hydrogen) atoms. The van der Waals surface area contributed by atoms with Gasteiger partial charge in [0.25, 0.3) is 0 Å². The smallest absolute Gasteiger partial charge is 0.240 e. The highest BCUT2D eigenvalue weighted by Gasteiger charge is 2.12. The number of nitrogens with zero attached hydrogens (tertiary/aromatic N) is 2. The molecular weight excluding hydrogens is 310 g/mol. The highest BCUT2D eigenvalue weighted by atomic mass is 32.2. The maximum absolute atomic E-state index is 12.2. The molecule has 0 amide bonds. The van der Waals surface area contributed by atoms with E-state index in [1.54, 1.807) is 55.0 Å². The third-order valence-corrected chi connectivity index (χ3v) is 4.72. The number of benzene rings is 1. The van der Waals surface area contributed by atoms with E-state index >= 15 is 0 Å². The van der Waals surface area contributed by atoms with Crippen LogP contribution in [0.25, 0.3) is 11.3 Å². The van der Waals surface area contributed by atoms with Crippen LogP contribution in [0.3, 0.4) is 0 Å². The molecule has 0 unspecified atom stereocenters. The van der Waals surface area contributed by atoms with Crippen molar-refractivity contribution in [3.8, 4) is 11.3 Å². The van der Waals surface area contributed by atoms with Crippen molar-refractivity contribution in [2.75, 3.05) is 0 Å². The molecule has 2 aromatic heterocycles. The van der Waals surface area contributed by atoms with Crippen LogP contribution in [0.5, 0.6) is 0 Å². The van der Waals surface area contributed by atoms with Gasteiger partial charge in [0.1, 0.15) is 0 Å². The Bertz CT molecular complexity index is 882. The lowest BCUT2D eigenvalue weighted by atomic mass is 10.1. The van der Waals surface area contributed by atoms with E-state index in [2.05, 4.69) is 14.7 Å². The Balaban J connectivity index is 1.77. The van der Waals surface area contributed by atoms with Gasteiger partial charge in [-0.25, -0.2) is 13.1 Å². The zero-order valence-electron chi connectivity index (χ0n) is 12.3. The molecule has 1 N–H and O–H groups in total.